The van der Waals surface area contributed by atoms with Crippen molar-refractivity contribution in [3.63, 3.8) is 0 Å². The third kappa shape index (κ3) is 3.44. The number of aromatic nitrogens is 4. The summed E-state index contributed by atoms with van der Waals surface area (Å²) in [6.07, 6.45) is 8.65. The summed E-state index contributed by atoms with van der Waals surface area (Å²) in [6.45, 7) is 0.431. The molecule has 8 heteroatoms. The van der Waals surface area contributed by atoms with E-state index in [-0.39, 0.29) is 23.6 Å². The maximum absolute atomic E-state index is 12.7. The lowest BCUT2D eigenvalue weighted by Crippen LogP contribution is -2.39. The fraction of sp³-hybridized carbons (Fsp3) is 0.474. The number of fused-ring (bicyclic) bond motifs is 3. The first-order chi connectivity index (χ1) is 13.2. The van der Waals surface area contributed by atoms with Gasteiger partial charge in [0.15, 0.2) is 0 Å². The minimum absolute atomic E-state index is 0.0203. The molecule has 142 valence electrons. The Morgan fingerprint density at radius 1 is 1.30 bits per heavy atom. The molecule has 1 amide bonds. The van der Waals surface area contributed by atoms with Crippen LogP contribution >= 0.6 is 0 Å². The van der Waals surface area contributed by atoms with E-state index in [1.807, 2.05) is 16.8 Å². The van der Waals surface area contributed by atoms with E-state index in [2.05, 4.69) is 20.3 Å². The first-order valence-electron chi connectivity index (χ1n) is 9.29. The fourth-order valence-electron chi connectivity index (χ4n) is 3.96. The second-order valence-electron chi connectivity index (χ2n) is 7.01. The third-order valence-corrected chi connectivity index (χ3v) is 5.29. The second-order valence-corrected chi connectivity index (χ2v) is 7.01. The summed E-state index contributed by atoms with van der Waals surface area (Å²) in [6, 6.07) is 2.18. The van der Waals surface area contributed by atoms with Gasteiger partial charge in [0.2, 0.25) is 5.91 Å². The molecule has 0 aromatic carbocycles. The lowest BCUT2D eigenvalue weighted by Gasteiger charge is -2.31. The monoisotopic (exact) mass is 369 g/mol. The number of methoxy groups -OCH3 is 1. The van der Waals surface area contributed by atoms with Gasteiger partial charge in [-0.25, -0.2) is 9.97 Å². The number of H-pyrrole nitrogens is 1. The number of nitrogens with zero attached hydrogens (tertiary/aromatic N) is 3. The topological polar surface area (TPSA) is 102 Å². The molecule has 3 aromatic rings. The van der Waals surface area contributed by atoms with Crippen LogP contribution in [0.1, 0.15) is 38.1 Å². The van der Waals surface area contributed by atoms with Crippen molar-refractivity contribution in [2.24, 2.45) is 0 Å². The predicted octanol–water partition coefficient (Wildman–Crippen LogP) is 1.91. The largest absolute Gasteiger partial charge is 0.384 e. The molecule has 1 aliphatic carbocycles. The van der Waals surface area contributed by atoms with Crippen LogP contribution in [0.3, 0.4) is 0 Å². The number of ether oxygens (including phenoxy) is 1. The molecule has 8 nitrogen and oxygen atoms in total. The highest BCUT2D eigenvalue weighted by Gasteiger charge is 2.26. The summed E-state index contributed by atoms with van der Waals surface area (Å²) < 4.78 is 6.81. The Bertz CT molecular complexity index is 1020. The first-order valence-corrected chi connectivity index (χ1v) is 9.29. The highest BCUT2D eigenvalue weighted by atomic mass is 16.5. The molecule has 4 rings (SSSR count). The van der Waals surface area contributed by atoms with Gasteiger partial charge in [0.1, 0.15) is 11.2 Å². The molecule has 0 bridgehead atoms. The predicted molar refractivity (Wildman–Crippen MR) is 102 cm³/mol. The minimum atomic E-state index is -0.0937. The second kappa shape index (κ2) is 7.48. The van der Waals surface area contributed by atoms with Gasteiger partial charge in [0.05, 0.1) is 24.5 Å². The summed E-state index contributed by atoms with van der Waals surface area (Å²) in [7, 11) is 1.59. The minimum Gasteiger partial charge on any atom is -0.384 e. The Morgan fingerprint density at radius 2 is 2.11 bits per heavy atom. The molecule has 0 aliphatic heterocycles. The number of aromatic amines is 1. The zero-order valence-corrected chi connectivity index (χ0v) is 15.3. The molecular weight excluding hydrogens is 346 g/mol. The van der Waals surface area contributed by atoms with Crippen molar-refractivity contribution in [1.82, 2.24) is 24.8 Å². The lowest BCUT2D eigenvalue weighted by atomic mass is 9.90. The molecule has 1 saturated carbocycles. The van der Waals surface area contributed by atoms with Crippen molar-refractivity contribution < 1.29 is 9.53 Å². The van der Waals surface area contributed by atoms with E-state index in [1.165, 1.54) is 6.20 Å². The van der Waals surface area contributed by atoms with E-state index in [9.17, 15) is 9.59 Å². The van der Waals surface area contributed by atoms with Crippen molar-refractivity contribution in [2.45, 2.75) is 44.2 Å². The molecule has 3 aromatic heterocycles. The maximum Gasteiger partial charge on any atom is 0.269 e. The van der Waals surface area contributed by atoms with Gasteiger partial charge in [-0.3, -0.25) is 9.59 Å². The Balaban J connectivity index is 1.57. The molecule has 3 heterocycles. The molecular formula is C19H23N5O3. The number of hydrogen-bond acceptors (Lipinski definition) is 5. The number of carbonyl (C=O) groups is 1. The Morgan fingerprint density at radius 3 is 2.89 bits per heavy atom. The van der Waals surface area contributed by atoms with Crippen molar-refractivity contribution in [2.75, 3.05) is 13.7 Å². The van der Waals surface area contributed by atoms with Gasteiger partial charge in [-0.15, -0.1) is 0 Å². The molecule has 0 radical (unpaired) electrons. The first kappa shape index (κ1) is 17.7. The number of rotatable bonds is 5. The van der Waals surface area contributed by atoms with E-state index in [1.54, 1.807) is 13.3 Å². The average molecular weight is 369 g/mol. The van der Waals surface area contributed by atoms with Crippen LogP contribution in [0.5, 0.6) is 0 Å². The number of pyridine rings is 1. The van der Waals surface area contributed by atoms with Crippen LogP contribution < -0.4 is 10.9 Å². The van der Waals surface area contributed by atoms with Gasteiger partial charge in [-0.05, 0) is 31.7 Å². The molecule has 2 N–H and O–H groups in total. The smallest absolute Gasteiger partial charge is 0.269 e. The quantitative estimate of drug-likeness (QED) is 0.715. The van der Waals surface area contributed by atoms with Crippen molar-refractivity contribution in [1.29, 1.82) is 0 Å². The number of amides is 1. The van der Waals surface area contributed by atoms with Gasteiger partial charge >= 0.3 is 0 Å². The Labute approximate surface area is 156 Å². The molecule has 27 heavy (non-hydrogen) atoms. The molecule has 0 atom stereocenters. The van der Waals surface area contributed by atoms with Crippen LogP contribution in [0.4, 0.5) is 0 Å². The normalized spacial score (nSPS) is 20.2. The fourth-order valence-corrected chi connectivity index (χ4v) is 3.96. The molecule has 1 aliphatic rings. The standard InChI is InChI=1S/C19H23N5O3/c1-27-9-7-16(25)23-12-2-4-13(5-3-12)24-17(26)11-21-15-10-22-19-14(18(15)24)6-8-20-19/h6,8,10-13H,2-5,7,9H2,1H3,(H,20,22)(H,23,25)/t12-,13-. The van der Waals surface area contributed by atoms with Crippen LogP contribution in [0.2, 0.25) is 0 Å². The van der Waals surface area contributed by atoms with Gasteiger partial charge in [-0.1, -0.05) is 0 Å². The van der Waals surface area contributed by atoms with E-state index in [4.69, 9.17) is 4.74 Å². The van der Waals surface area contributed by atoms with Gasteiger partial charge in [0, 0.05) is 37.2 Å². The molecule has 1 fully saturated rings. The van der Waals surface area contributed by atoms with Crippen molar-refractivity contribution >= 4 is 28.0 Å². The van der Waals surface area contributed by atoms with Gasteiger partial charge in [0.25, 0.3) is 5.56 Å². The third-order valence-electron chi connectivity index (χ3n) is 5.29. The summed E-state index contributed by atoms with van der Waals surface area (Å²) in [5, 5.41) is 3.98. The number of hydrogen-bond donors (Lipinski definition) is 2. The SMILES string of the molecule is COCCC(=O)N[C@H]1CC[C@H](n2c(=O)cnc3cnc4[nH]ccc4c32)CC1. The average Bonchev–Trinajstić information content (AvgIpc) is 3.16. The van der Waals surface area contributed by atoms with Crippen LogP contribution in [-0.4, -0.2) is 45.2 Å². The lowest BCUT2D eigenvalue weighted by molar-refractivity contribution is -0.122. The summed E-state index contributed by atoms with van der Waals surface area (Å²) >= 11 is 0. The van der Waals surface area contributed by atoms with Gasteiger partial charge < -0.3 is 19.6 Å². The van der Waals surface area contributed by atoms with Crippen LogP contribution in [-0.2, 0) is 9.53 Å². The molecule has 0 spiro atoms. The Kier molecular flexibility index (Phi) is 4.89. The maximum atomic E-state index is 12.7. The van der Waals surface area contributed by atoms with Crippen molar-refractivity contribution in [3.05, 3.63) is 35.0 Å². The van der Waals surface area contributed by atoms with Crippen LogP contribution in [0, 0.1) is 0 Å². The van der Waals surface area contributed by atoms with Crippen molar-refractivity contribution in [3.8, 4) is 0 Å². The van der Waals surface area contributed by atoms with E-state index in [0.717, 1.165) is 47.8 Å². The number of nitrogens with one attached hydrogen (secondary N) is 2. The highest BCUT2D eigenvalue weighted by Crippen LogP contribution is 2.31. The Hall–Kier alpha value is -2.74. The zero-order chi connectivity index (χ0) is 18.8. The zero-order valence-electron chi connectivity index (χ0n) is 15.3. The summed E-state index contributed by atoms with van der Waals surface area (Å²) in [5.74, 6) is 0.0203. The highest BCUT2D eigenvalue weighted by molar-refractivity contribution is 6.00. The summed E-state index contributed by atoms with van der Waals surface area (Å²) in [5.41, 5.74) is 2.21. The number of carbonyl (C=O) groups excluding carboxylic acids is 1. The van der Waals surface area contributed by atoms with Gasteiger partial charge in [-0.2, -0.15) is 0 Å². The van der Waals surface area contributed by atoms with Crippen LogP contribution in [0.25, 0.3) is 22.1 Å². The van der Waals surface area contributed by atoms with Crippen LogP contribution in [0.15, 0.2) is 29.5 Å². The molecule has 0 saturated heterocycles. The van der Waals surface area contributed by atoms with E-state index < -0.39 is 0 Å². The summed E-state index contributed by atoms with van der Waals surface area (Å²) in [4.78, 5) is 36.3. The van der Waals surface area contributed by atoms with E-state index >= 15 is 0 Å². The molecule has 0 unspecified atom stereocenters. The van der Waals surface area contributed by atoms with E-state index in [0.29, 0.717) is 13.0 Å².